The quantitative estimate of drug-likeness (QED) is 0.758. The molecule has 1 aliphatic heterocycles. The van der Waals surface area contributed by atoms with Gasteiger partial charge in [0.15, 0.2) is 0 Å². The molecule has 1 aliphatic carbocycles. The molecule has 1 N–H and O–H groups in total. The van der Waals surface area contributed by atoms with Crippen LogP contribution in [-0.4, -0.2) is 37.1 Å². The molecule has 0 amide bonds. The third-order valence-corrected chi connectivity index (χ3v) is 5.75. The van der Waals surface area contributed by atoms with E-state index in [0.29, 0.717) is 11.5 Å². The maximum atomic E-state index is 3.69. The SMILES string of the molecule is CCC(CC)(CNC(C)C)CN1CC2CCCC2C1. The number of likely N-dealkylation sites (tertiary alicyclic amines) is 1. The summed E-state index contributed by atoms with van der Waals surface area (Å²) in [4.78, 5) is 2.78. The van der Waals surface area contributed by atoms with Gasteiger partial charge in [0.25, 0.3) is 0 Å². The van der Waals surface area contributed by atoms with Crippen LogP contribution in [0, 0.1) is 17.3 Å². The van der Waals surface area contributed by atoms with E-state index in [0.717, 1.165) is 11.8 Å². The molecule has 2 nitrogen and oxygen atoms in total. The minimum atomic E-state index is 0.489. The van der Waals surface area contributed by atoms with Gasteiger partial charge in [-0.3, -0.25) is 0 Å². The van der Waals surface area contributed by atoms with Gasteiger partial charge in [-0.05, 0) is 42.9 Å². The van der Waals surface area contributed by atoms with Crippen molar-refractivity contribution in [2.24, 2.45) is 17.3 Å². The van der Waals surface area contributed by atoms with Crippen molar-refractivity contribution < 1.29 is 0 Å². The zero-order chi connectivity index (χ0) is 13.9. The van der Waals surface area contributed by atoms with Gasteiger partial charge in [0.2, 0.25) is 0 Å². The molecule has 0 aromatic heterocycles. The van der Waals surface area contributed by atoms with E-state index in [1.54, 1.807) is 0 Å². The average molecular weight is 266 g/mol. The van der Waals surface area contributed by atoms with E-state index in [1.165, 1.54) is 58.3 Å². The Morgan fingerprint density at radius 2 is 1.68 bits per heavy atom. The molecular weight excluding hydrogens is 232 g/mol. The second-order valence-corrected chi connectivity index (χ2v) is 7.39. The molecule has 112 valence electrons. The summed E-state index contributed by atoms with van der Waals surface area (Å²) >= 11 is 0. The van der Waals surface area contributed by atoms with Gasteiger partial charge in [-0.25, -0.2) is 0 Å². The summed E-state index contributed by atoms with van der Waals surface area (Å²) in [6.07, 6.45) is 7.09. The van der Waals surface area contributed by atoms with Crippen LogP contribution in [0.1, 0.15) is 59.8 Å². The zero-order valence-electron chi connectivity index (χ0n) is 13.5. The Morgan fingerprint density at radius 1 is 1.11 bits per heavy atom. The van der Waals surface area contributed by atoms with Gasteiger partial charge in [0.05, 0.1) is 0 Å². The van der Waals surface area contributed by atoms with Crippen LogP contribution in [0.25, 0.3) is 0 Å². The van der Waals surface area contributed by atoms with Crippen LogP contribution < -0.4 is 5.32 Å². The summed E-state index contributed by atoms with van der Waals surface area (Å²) in [7, 11) is 0. The summed E-state index contributed by atoms with van der Waals surface area (Å²) in [5, 5.41) is 3.69. The minimum absolute atomic E-state index is 0.489. The van der Waals surface area contributed by atoms with Crippen molar-refractivity contribution in [3.05, 3.63) is 0 Å². The molecule has 0 spiro atoms. The summed E-state index contributed by atoms with van der Waals surface area (Å²) in [5.41, 5.74) is 0.489. The summed E-state index contributed by atoms with van der Waals surface area (Å²) in [6.45, 7) is 14.5. The van der Waals surface area contributed by atoms with Crippen molar-refractivity contribution in [1.82, 2.24) is 10.2 Å². The fraction of sp³-hybridized carbons (Fsp3) is 1.00. The van der Waals surface area contributed by atoms with Crippen LogP contribution in [0.2, 0.25) is 0 Å². The molecule has 1 heterocycles. The number of rotatable bonds is 7. The van der Waals surface area contributed by atoms with E-state index >= 15 is 0 Å². The molecule has 1 saturated heterocycles. The number of nitrogens with one attached hydrogen (secondary N) is 1. The standard InChI is InChI=1S/C17H34N2/c1-5-17(6-2,12-18-14(3)4)13-19-10-15-8-7-9-16(15)11-19/h14-16,18H,5-13H2,1-4H3. The maximum absolute atomic E-state index is 3.69. The fourth-order valence-electron chi connectivity index (χ4n) is 4.14. The molecular formula is C17H34N2. The molecule has 0 bridgehead atoms. The van der Waals surface area contributed by atoms with Gasteiger partial charge < -0.3 is 10.2 Å². The normalized spacial score (nSPS) is 28.3. The molecule has 1 saturated carbocycles. The number of nitrogens with zero attached hydrogens (tertiary/aromatic N) is 1. The Bertz CT molecular complexity index is 258. The van der Waals surface area contributed by atoms with Crippen molar-refractivity contribution in [2.45, 2.75) is 65.8 Å². The summed E-state index contributed by atoms with van der Waals surface area (Å²) in [5.74, 6) is 2.06. The number of hydrogen-bond donors (Lipinski definition) is 1. The highest BCUT2D eigenvalue weighted by Gasteiger charge is 2.39. The Balaban J connectivity index is 1.89. The lowest BCUT2D eigenvalue weighted by molar-refractivity contribution is 0.145. The van der Waals surface area contributed by atoms with E-state index in [-0.39, 0.29) is 0 Å². The van der Waals surface area contributed by atoms with Crippen molar-refractivity contribution >= 4 is 0 Å². The third-order valence-electron chi connectivity index (χ3n) is 5.75. The lowest BCUT2D eigenvalue weighted by Gasteiger charge is -2.37. The van der Waals surface area contributed by atoms with E-state index < -0.39 is 0 Å². The molecule has 2 atom stereocenters. The smallest absolute Gasteiger partial charge is 0.00502 e. The first-order chi connectivity index (χ1) is 9.08. The predicted molar refractivity (Wildman–Crippen MR) is 83.4 cm³/mol. The molecule has 2 rings (SSSR count). The van der Waals surface area contributed by atoms with Gasteiger partial charge in [-0.2, -0.15) is 0 Å². The minimum Gasteiger partial charge on any atom is -0.314 e. The van der Waals surface area contributed by atoms with Crippen LogP contribution in [0.4, 0.5) is 0 Å². The third kappa shape index (κ3) is 3.72. The van der Waals surface area contributed by atoms with Crippen molar-refractivity contribution in [3.8, 4) is 0 Å². The van der Waals surface area contributed by atoms with Gasteiger partial charge in [0, 0.05) is 32.2 Å². The summed E-state index contributed by atoms with van der Waals surface area (Å²) in [6, 6.07) is 0.607. The number of hydrogen-bond acceptors (Lipinski definition) is 2. The highest BCUT2D eigenvalue weighted by atomic mass is 15.2. The largest absolute Gasteiger partial charge is 0.314 e. The van der Waals surface area contributed by atoms with Gasteiger partial charge in [-0.1, -0.05) is 34.1 Å². The van der Waals surface area contributed by atoms with Crippen LogP contribution in [0.15, 0.2) is 0 Å². The second kappa shape index (κ2) is 6.58. The Morgan fingerprint density at radius 3 is 2.16 bits per heavy atom. The highest BCUT2D eigenvalue weighted by Crippen LogP contribution is 2.39. The fourth-order valence-corrected chi connectivity index (χ4v) is 4.14. The van der Waals surface area contributed by atoms with E-state index in [2.05, 4.69) is 37.9 Å². The second-order valence-electron chi connectivity index (χ2n) is 7.39. The Kier molecular flexibility index (Phi) is 5.30. The van der Waals surface area contributed by atoms with Crippen LogP contribution in [0.5, 0.6) is 0 Å². The molecule has 2 aliphatic rings. The van der Waals surface area contributed by atoms with E-state index in [9.17, 15) is 0 Å². The predicted octanol–water partition coefficient (Wildman–Crippen LogP) is 3.52. The molecule has 2 heteroatoms. The molecule has 0 aromatic rings. The van der Waals surface area contributed by atoms with Crippen LogP contribution in [0.3, 0.4) is 0 Å². The van der Waals surface area contributed by atoms with E-state index in [1.807, 2.05) is 0 Å². The average Bonchev–Trinajstić information content (AvgIpc) is 2.95. The van der Waals surface area contributed by atoms with E-state index in [4.69, 9.17) is 0 Å². The maximum Gasteiger partial charge on any atom is 0.00502 e. The zero-order valence-corrected chi connectivity index (χ0v) is 13.5. The lowest BCUT2D eigenvalue weighted by Crippen LogP contribution is -2.44. The van der Waals surface area contributed by atoms with Crippen LogP contribution >= 0.6 is 0 Å². The van der Waals surface area contributed by atoms with Crippen molar-refractivity contribution in [1.29, 1.82) is 0 Å². The first kappa shape index (κ1) is 15.3. The van der Waals surface area contributed by atoms with Crippen molar-refractivity contribution in [3.63, 3.8) is 0 Å². The first-order valence-corrected chi connectivity index (χ1v) is 8.54. The van der Waals surface area contributed by atoms with Gasteiger partial charge in [0.1, 0.15) is 0 Å². The number of fused-ring (bicyclic) bond motifs is 1. The van der Waals surface area contributed by atoms with Crippen molar-refractivity contribution in [2.75, 3.05) is 26.2 Å². The van der Waals surface area contributed by atoms with Crippen LogP contribution in [-0.2, 0) is 0 Å². The summed E-state index contributed by atoms with van der Waals surface area (Å²) < 4.78 is 0. The molecule has 0 radical (unpaired) electrons. The van der Waals surface area contributed by atoms with Gasteiger partial charge >= 0.3 is 0 Å². The molecule has 0 aromatic carbocycles. The van der Waals surface area contributed by atoms with Gasteiger partial charge in [-0.15, -0.1) is 0 Å². The topological polar surface area (TPSA) is 15.3 Å². The Hall–Kier alpha value is -0.0800. The molecule has 2 fully saturated rings. The molecule has 19 heavy (non-hydrogen) atoms. The Labute approximate surface area is 120 Å². The molecule has 2 unspecified atom stereocenters. The first-order valence-electron chi connectivity index (χ1n) is 8.54. The monoisotopic (exact) mass is 266 g/mol. The highest BCUT2D eigenvalue weighted by molar-refractivity contribution is 4.92. The lowest BCUT2D eigenvalue weighted by atomic mass is 9.81.